The standard InChI is InChI=1S/C14H22N2O2S/c1-12-7-9-14(11-15,10-8-12)16-19(17,18)13-5-3-2-4-6-13/h2-6,12,16H,7-11,15H2,1H3. The summed E-state index contributed by atoms with van der Waals surface area (Å²) in [5, 5.41) is 0. The van der Waals surface area contributed by atoms with Crippen LogP contribution in [0.25, 0.3) is 0 Å². The molecule has 0 aliphatic heterocycles. The van der Waals surface area contributed by atoms with Crippen LogP contribution in [0.5, 0.6) is 0 Å². The topological polar surface area (TPSA) is 72.2 Å². The van der Waals surface area contributed by atoms with Gasteiger partial charge in [0.05, 0.1) is 4.90 Å². The average molecular weight is 282 g/mol. The Morgan fingerprint density at radius 1 is 1.26 bits per heavy atom. The molecule has 0 saturated heterocycles. The lowest BCUT2D eigenvalue weighted by atomic mass is 9.78. The summed E-state index contributed by atoms with van der Waals surface area (Å²) in [6, 6.07) is 8.48. The van der Waals surface area contributed by atoms with Crippen LogP contribution in [0.2, 0.25) is 0 Å². The van der Waals surface area contributed by atoms with E-state index < -0.39 is 15.6 Å². The zero-order chi connectivity index (χ0) is 13.9. The van der Waals surface area contributed by atoms with Gasteiger partial charge in [-0.25, -0.2) is 13.1 Å². The summed E-state index contributed by atoms with van der Waals surface area (Å²) in [5.41, 5.74) is 5.37. The molecule has 0 atom stereocenters. The first-order valence-electron chi connectivity index (χ1n) is 6.77. The highest BCUT2D eigenvalue weighted by atomic mass is 32.2. The van der Waals surface area contributed by atoms with E-state index in [-0.39, 0.29) is 0 Å². The van der Waals surface area contributed by atoms with E-state index in [0.717, 1.165) is 25.7 Å². The van der Waals surface area contributed by atoms with Crippen LogP contribution < -0.4 is 10.5 Å². The van der Waals surface area contributed by atoms with Gasteiger partial charge in [0.15, 0.2) is 0 Å². The molecule has 5 heteroatoms. The largest absolute Gasteiger partial charge is 0.329 e. The van der Waals surface area contributed by atoms with Crippen molar-refractivity contribution in [2.75, 3.05) is 6.54 Å². The van der Waals surface area contributed by atoms with Gasteiger partial charge in [0, 0.05) is 12.1 Å². The normalized spacial score (nSPS) is 28.2. The zero-order valence-corrected chi connectivity index (χ0v) is 12.1. The zero-order valence-electron chi connectivity index (χ0n) is 11.3. The van der Waals surface area contributed by atoms with Crippen LogP contribution in [0.3, 0.4) is 0 Å². The van der Waals surface area contributed by atoms with E-state index in [4.69, 9.17) is 5.73 Å². The summed E-state index contributed by atoms with van der Waals surface area (Å²) in [4.78, 5) is 0.307. The number of hydrogen-bond donors (Lipinski definition) is 2. The minimum Gasteiger partial charge on any atom is -0.329 e. The van der Waals surface area contributed by atoms with Crippen molar-refractivity contribution in [2.24, 2.45) is 11.7 Å². The van der Waals surface area contributed by atoms with E-state index in [1.165, 1.54) is 0 Å². The van der Waals surface area contributed by atoms with Crippen molar-refractivity contribution >= 4 is 10.0 Å². The van der Waals surface area contributed by atoms with Gasteiger partial charge in [0.2, 0.25) is 10.0 Å². The van der Waals surface area contributed by atoms with E-state index in [1.807, 2.05) is 0 Å². The molecule has 0 unspecified atom stereocenters. The predicted molar refractivity (Wildman–Crippen MR) is 76.2 cm³/mol. The molecule has 3 N–H and O–H groups in total. The molecule has 1 aliphatic rings. The molecule has 0 radical (unpaired) electrons. The summed E-state index contributed by atoms with van der Waals surface area (Å²) < 4.78 is 27.6. The van der Waals surface area contributed by atoms with E-state index in [1.54, 1.807) is 30.3 Å². The molecule has 0 bridgehead atoms. The average Bonchev–Trinajstić information content (AvgIpc) is 2.42. The predicted octanol–water partition coefficient (Wildman–Crippen LogP) is 1.87. The van der Waals surface area contributed by atoms with Crippen molar-refractivity contribution in [3.8, 4) is 0 Å². The first-order valence-corrected chi connectivity index (χ1v) is 8.25. The minimum atomic E-state index is -3.48. The van der Waals surface area contributed by atoms with Crippen molar-refractivity contribution in [3.05, 3.63) is 30.3 Å². The first kappa shape index (κ1) is 14.5. The maximum Gasteiger partial charge on any atom is 0.241 e. The summed E-state index contributed by atoms with van der Waals surface area (Å²) in [6.45, 7) is 2.55. The van der Waals surface area contributed by atoms with Gasteiger partial charge < -0.3 is 5.73 Å². The van der Waals surface area contributed by atoms with Gasteiger partial charge in [-0.15, -0.1) is 0 Å². The lowest BCUT2D eigenvalue weighted by Gasteiger charge is -2.38. The van der Waals surface area contributed by atoms with E-state index in [9.17, 15) is 8.42 Å². The molecule has 0 heterocycles. The molecule has 1 aliphatic carbocycles. The van der Waals surface area contributed by atoms with Crippen LogP contribution in [0, 0.1) is 5.92 Å². The third-order valence-electron chi connectivity index (χ3n) is 4.03. The van der Waals surface area contributed by atoms with Gasteiger partial charge in [-0.2, -0.15) is 0 Å². The minimum absolute atomic E-state index is 0.307. The molecule has 106 valence electrons. The van der Waals surface area contributed by atoms with Gasteiger partial charge in [-0.05, 0) is 43.7 Å². The molecule has 1 aromatic rings. The van der Waals surface area contributed by atoms with E-state index in [2.05, 4.69) is 11.6 Å². The molecule has 0 aromatic heterocycles. The molecular weight excluding hydrogens is 260 g/mol. The lowest BCUT2D eigenvalue weighted by molar-refractivity contribution is 0.231. The molecule has 2 rings (SSSR count). The number of rotatable bonds is 4. The Morgan fingerprint density at radius 3 is 2.37 bits per heavy atom. The number of hydrogen-bond acceptors (Lipinski definition) is 3. The molecule has 4 nitrogen and oxygen atoms in total. The Balaban J connectivity index is 2.19. The van der Waals surface area contributed by atoms with Crippen LogP contribution in [0.1, 0.15) is 32.6 Å². The van der Waals surface area contributed by atoms with Crippen molar-refractivity contribution < 1.29 is 8.42 Å². The molecule has 19 heavy (non-hydrogen) atoms. The smallest absolute Gasteiger partial charge is 0.241 e. The maximum atomic E-state index is 12.4. The quantitative estimate of drug-likeness (QED) is 0.885. The Hall–Kier alpha value is -0.910. The number of benzene rings is 1. The molecule has 1 saturated carbocycles. The van der Waals surface area contributed by atoms with Crippen LogP contribution >= 0.6 is 0 Å². The number of nitrogens with two attached hydrogens (primary N) is 1. The molecular formula is C14H22N2O2S. The number of nitrogens with one attached hydrogen (secondary N) is 1. The summed E-state index contributed by atoms with van der Waals surface area (Å²) in [5.74, 6) is 0.654. The third kappa shape index (κ3) is 3.35. The SMILES string of the molecule is CC1CCC(CN)(NS(=O)(=O)c2ccccc2)CC1. The second-order valence-corrected chi connectivity index (χ2v) is 7.27. The fourth-order valence-corrected chi connectivity index (χ4v) is 4.10. The van der Waals surface area contributed by atoms with Gasteiger partial charge in [0.25, 0.3) is 0 Å². The fourth-order valence-electron chi connectivity index (χ4n) is 2.61. The summed E-state index contributed by atoms with van der Waals surface area (Å²) >= 11 is 0. The first-order chi connectivity index (χ1) is 8.97. The fraction of sp³-hybridized carbons (Fsp3) is 0.571. The molecule has 0 amide bonds. The van der Waals surface area contributed by atoms with Crippen molar-refractivity contribution in [1.82, 2.24) is 4.72 Å². The highest BCUT2D eigenvalue weighted by Gasteiger charge is 2.36. The molecule has 1 fully saturated rings. The highest BCUT2D eigenvalue weighted by molar-refractivity contribution is 7.89. The maximum absolute atomic E-state index is 12.4. The monoisotopic (exact) mass is 282 g/mol. The van der Waals surface area contributed by atoms with Crippen LogP contribution in [0.4, 0.5) is 0 Å². The molecule has 0 spiro atoms. The Morgan fingerprint density at radius 2 is 1.84 bits per heavy atom. The number of sulfonamides is 1. The Labute approximate surface area is 115 Å². The Kier molecular flexibility index (Phi) is 4.28. The third-order valence-corrected chi connectivity index (χ3v) is 5.62. The highest BCUT2D eigenvalue weighted by Crippen LogP contribution is 2.32. The van der Waals surface area contributed by atoms with Crippen LogP contribution in [-0.2, 0) is 10.0 Å². The second-order valence-electron chi connectivity index (χ2n) is 5.59. The van der Waals surface area contributed by atoms with Crippen molar-refractivity contribution in [2.45, 2.75) is 43.0 Å². The van der Waals surface area contributed by atoms with Crippen molar-refractivity contribution in [1.29, 1.82) is 0 Å². The van der Waals surface area contributed by atoms with Crippen LogP contribution in [-0.4, -0.2) is 20.5 Å². The lowest BCUT2D eigenvalue weighted by Crippen LogP contribution is -2.55. The van der Waals surface area contributed by atoms with E-state index >= 15 is 0 Å². The second kappa shape index (κ2) is 5.61. The summed E-state index contributed by atoms with van der Waals surface area (Å²) in [7, 11) is -3.48. The van der Waals surface area contributed by atoms with E-state index in [0.29, 0.717) is 17.4 Å². The summed E-state index contributed by atoms with van der Waals surface area (Å²) in [6.07, 6.45) is 3.68. The van der Waals surface area contributed by atoms with Gasteiger partial charge in [0.1, 0.15) is 0 Å². The van der Waals surface area contributed by atoms with Crippen molar-refractivity contribution in [3.63, 3.8) is 0 Å². The molecule has 1 aromatic carbocycles. The van der Waals surface area contributed by atoms with Crippen LogP contribution in [0.15, 0.2) is 35.2 Å². The van der Waals surface area contributed by atoms with Gasteiger partial charge in [-0.3, -0.25) is 0 Å². The van der Waals surface area contributed by atoms with Gasteiger partial charge >= 0.3 is 0 Å². The Bertz CT molecular complexity index is 506. The van der Waals surface area contributed by atoms with Gasteiger partial charge in [-0.1, -0.05) is 25.1 Å².